The topological polar surface area (TPSA) is 70.1 Å². The first-order valence-electron chi connectivity index (χ1n) is 6.82. The summed E-state index contributed by atoms with van der Waals surface area (Å²) in [7, 11) is 0. The number of hydrogen-bond donors (Lipinski definition) is 1. The minimum Gasteiger partial charge on any atom is -0.432 e. The van der Waals surface area contributed by atoms with Gasteiger partial charge in [-0.05, 0) is 37.0 Å². The molecule has 0 aliphatic heterocycles. The highest BCUT2D eigenvalue weighted by Gasteiger charge is 2.25. The summed E-state index contributed by atoms with van der Waals surface area (Å²) in [4.78, 5) is 16.2. The van der Waals surface area contributed by atoms with Crippen LogP contribution in [-0.2, 0) is 6.42 Å². The number of nitrogen functional groups attached to an aromatic ring is 1. The number of aryl methyl sites for hydroxylation is 1. The van der Waals surface area contributed by atoms with Crippen molar-refractivity contribution in [3.8, 4) is 11.6 Å². The Morgan fingerprint density at radius 3 is 2.90 bits per heavy atom. The molecule has 0 atom stereocenters. The van der Waals surface area contributed by atoms with Crippen LogP contribution in [0.4, 0.5) is 5.69 Å². The molecule has 1 fully saturated rings. The van der Waals surface area contributed by atoms with Crippen molar-refractivity contribution in [2.24, 2.45) is 0 Å². The Bertz CT molecular complexity index is 690. The van der Waals surface area contributed by atoms with Gasteiger partial charge >= 0.3 is 5.56 Å². The lowest BCUT2D eigenvalue weighted by Crippen LogP contribution is -2.20. The number of ether oxygens (including phenoxy) is 1. The van der Waals surface area contributed by atoms with E-state index in [1.165, 1.54) is 0 Å². The van der Waals surface area contributed by atoms with Gasteiger partial charge in [-0.15, -0.1) is 0 Å². The largest absolute Gasteiger partial charge is 0.432 e. The summed E-state index contributed by atoms with van der Waals surface area (Å²) >= 11 is 0. The maximum atomic E-state index is 12.2. The van der Waals surface area contributed by atoms with Gasteiger partial charge in [0.25, 0.3) is 5.88 Å². The molecule has 1 aliphatic carbocycles. The van der Waals surface area contributed by atoms with E-state index >= 15 is 0 Å². The Balaban J connectivity index is 1.91. The van der Waals surface area contributed by atoms with Crippen LogP contribution in [0.5, 0.6) is 11.6 Å². The molecule has 0 saturated heterocycles. The molecule has 0 spiro atoms. The van der Waals surface area contributed by atoms with Gasteiger partial charge in [0.05, 0.1) is 5.69 Å². The first-order valence-corrected chi connectivity index (χ1v) is 6.82. The molecule has 1 aliphatic rings. The molecular weight excluding hydrogens is 254 g/mol. The molecule has 2 N–H and O–H groups in total. The number of anilines is 1. The predicted octanol–water partition coefficient (Wildman–Crippen LogP) is 2.52. The smallest absolute Gasteiger partial charge is 0.313 e. The summed E-state index contributed by atoms with van der Waals surface area (Å²) in [6, 6.07) is 5.88. The van der Waals surface area contributed by atoms with Crippen LogP contribution in [0.1, 0.15) is 31.4 Å². The van der Waals surface area contributed by atoms with Gasteiger partial charge in [0.2, 0.25) is 0 Å². The van der Waals surface area contributed by atoms with E-state index in [1.54, 1.807) is 23.0 Å². The van der Waals surface area contributed by atoms with E-state index in [-0.39, 0.29) is 11.4 Å². The number of aromatic nitrogens is 2. The SMILES string of the molecule is CCc1ccc(Oc2nccn(C3CC3)c2=O)c(N)c1. The lowest BCUT2D eigenvalue weighted by Gasteiger charge is -2.10. The van der Waals surface area contributed by atoms with Crippen LogP contribution in [-0.4, -0.2) is 9.55 Å². The number of benzene rings is 1. The van der Waals surface area contributed by atoms with E-state index in [9.17, 15) is 4.79 Å². The lowest BCUT2D eigenvalue weighted by molar-refractivity contribution is 0.446. The molecule has 1 aromatic heterocycles. The first kappa shape index (κ1) is 12.7. The first-order chi connectivity index (χ1) is 9.69. The van der Waals surface area contributed by atoms with Gasteiger partial charge in [-0.25, -0.2) is 4.98 Å². The third-order valence-corrected chi connectivity index (χ3v) is 3.47. The molecular formula is C15H17N3O2. The van der Waals surface area contributed by atoms with Gasteiger partial charge in [0.1, 0.15) is 0 Å². The Hall–Kier alpha value is -2.30. The van der Waals surface area contributed by atoms with Crippen molar-refractivity contribution in [1.82, 2.24) is 9.55 Å². The fourth-order valence-electron chi connectivity index (χ4n) is 2.13. The van der Waals surface area contributed by atoms with E-state index in [4.69, 9.17) is 10.5 Å². The van der Waals surface area contributed by atoms with Crippen molar-refractivity contribution in [2.45, 2.75) is 32.2 Å². The van der Waals surface area contributed by atoms with Crippen molar-refractivity contribution < 1.29 is 4.74 Å². The third kappa shape index (κ3) is 2.39. The minimum atomic E-state index is -0.200. The zero-order chi connectivity index (χ0) is 14.1. The van der Waals surface area contributed by atoms with Crippen molar-refractivity contribution in [2.75, 3.05) is 5.73 Å². The average molecular weight is 271 g/mol. The Labute approximate surface area is 117 Å². The molecule has 5 nitrogen and oxygen atoms in total. The van der Waals surface area contributed by atoms with Gasteiger partial charge in [-0.2, -0.15) is 0 Å². The summed E-state index contributed by atoms with van der Waals surface area (Å²) < 4.78 is 7.27. The predicted molar refractivity (Wildman–Crippen MR) is 77.1 cm³/mol. The fourth-order valence-corrected chi connectivity index (χ4v) is 2.13. The molecule has 1 aromatic carbocycles. The zero-order valence-corrected chi connectivity index (χ0v) is 11.4. The maximum absolute atomic E-state index is 12.2. The molecule has 104 valence electrons. The minimum absolute atomic E-state index is 0.0790. The summed E-state index contributed by atoms with van der Waals surface area (Å²) in [6.07, 6.45) is 6.28. The van der Waals surface area contributed by atoms with Crippen molar-refractivity contribution >= 4 is 5.69 Å². The number of hydrogen-bond acceptors (Lipinski definition) is 4. The van der Waals surface area contributed by atoms with Crippen molar-refractivity contribution in [3.63, 3.8) is 0 Å². The van der Waals surface area contributed by atoms with Crippen molar-refractivity contribution in [1.29, 1.82) is 0 Å². The van der Waals surface area contributed by atoms with Crippen LogP contribution < -0.4 is 16.0 Å². The monoisotopic (exact) mass is 271 g/mol. The molecule has 5 heteroatoms. The quantitative estimate of drug-likeness (QED) is 0.867. The molecule has 3 rings (SSSR count). The van der Waals surface area contributed by atoms with Gasteiger partial charge < -0.3 is 15.0 Å². The molecule has 0 unspecified atom stereocenters. The average Bonchev–Trinajstić information content (AvgIpc) is 3.27. The number of nitrogens with zero attached hydrogens (tertiary/aromatic N) is 2. The molecule has 2 aromatic rings. The Morgan fingerprint density at radius 1 is 1.45 bits per heavy atom. The van der Waals surface area contributed by atoms with Crippen LogP contribution in [0, 0.1) is 0 Å². The summed E-state index contributed by atoms with van der Waals surface area (Å²) in [5.74, 6) is 0.552. The summed E-state index contributed by atoms with van der Waals surface area (Å²) in [6.45, 7) is 2.06. The Kier molecular flexibility index (Phi) is 3.18. The number of rotatable bonds is 4. The van der Waals surface area contributed by atoms with Crippen molar-refractivity contribution in [3.05, 3.63) is 46.5 Å². The molecule has 0 bridgehead atoms. The highest BCUT2D eigenvalue weighted by atomic mass is 16.5. The second-order valence-corrected chi connectivity index (χ2v) is 5.00. The van der Waals surface area contributed by atoms with Crippen LogP contribution >= 0.6 is 0 Å². The molecule has 1 saturated carbocycles. The Morgan fingerprint density at radius 2 is 2.25 bits per heavy atom. The van der Waals surface area contributed by atoms with E-state index < -0.39 is 0 Å². The molecule has 0 radical (unpaired) electrons. The second kappa shape index (κ2) is 5.00. The molecule has 0 amide bonds. The van der Waals surface area contributed by atoms with Gasteiger partial charge in [-0.1, -0.05) is 13.0 Å². The molecule has 20 heavy (non-hydrogen) atoms. The zero-order valence-electron chi connectivity index (χ0n) is 11.4. The van der Waals surface area contributed by atoms with E-state index in [0.717, 1.165) is 24.8 Å². The van der Waals surface area contributed by atoms with E-state index in [0.29, 0.717) is 17.5 Å². The fraction of sp³-hybridized carbons (Fsp3) is 0.333. The maximum Gasteiger partial charge on any atom is 0.313 e. The highest BCUT2D eigenvalue weighted by Crippen LogP contribution is 2.33. The lowest BCUT2D eigenvalue weighted by atomic mass is 10.1. The molecule has 1 heterocycles. The van der Waals surface area contributed by atoms with Gasteiger partial charge in [0, 0.05) is 18.4 Å². The summed E-state index contributed by atoms with van der Waals surface area (Å²) in [5.41, 5.74) is 7.39. The number of nitrogens with two attached hydrogens (primary N) is 1. The van der Waals surface area contributed by atoms with E-state index in [2.05, 4.69) is 11.9 Å². The normalized spacial score (nSPS) is 14.2. The van der Waals surface area contributed by atoms with E-state index in [1.807, 2.05) is 12.1 Å². The van der Waals surface area contributed by atoms with Crippen LogP contribution in [0.15, 0.2) is 35.4 Å². The van der Waals surface area contributed by atoms with Crippen LogP contribution in [0.25, 0.3) is 0 Å². The van der Waals surface area contributed by atoms with Crippen LogP contribution in [0.3, 0.4) is 0 Å². The second-order valence-electron chi connectivity index (χ2n) is 5.00. The van der Waals surface area contributed by atoms with Crippen LogP contribution in [0.2, 0.25) is 0 Å². The van der Waals surface area contributed by atoms with Gasteiger partial charge in [-0.3, -0.25) is 4.79 Å². The summed E-state index contributed by atoms with van der Waals surface area (Å²) in [5, 5.41) is 0. The third-order valence-electron chi connectivity index (χ3n) is 3.47. The van der Waals surface area contributed by atoms with Gasteiger partial charge in [0.15, 0.2) is 5.75 Å². The standard InChI is InChI=1S/C15H17N3O2/c1-2-10-3-6-13(12(16)9-10)20-14-15(19)18(8-7-17-14)11-4-5-11/h3,6-9,11H,2,4-5,16H2,1H3. The highest BCUT2D eigenvalue weighted by molar-refractivity contribution is 5.55.